The number of likely N-dealkylation sites (N-methyl/N-ethyl adjacent to an activating group) is 1. The first-order valence-corrected chi connectivity index (χ1v) is 12.1. The van der Waals surface area contributed by atoms with Gasteiger partial charge in [0.25, 0.3) is 0 Å². The largest absolute Gasteiger partial charge is 0.490 e. The molecule has 8 nitrogen and oxygen atoms in total. The Morgan fingerprint density at radius 1 is 0.872 bits per heavy atom. The van der Waals surface area contributed by atoms with E-state index in [0.717, 1.165) is 58.5 Å². The third kappa shape index (κ3) is 11.4. The van der Waals surface area contributed by atoms with E-state index in [4.69, 9.17) is 19.8 Å². The Hall–Kier alpha value is -2.87. The Bertz CT molecular complexity index is 945. The van der Waals surface area contributed by atoms with Crippen molar-refractivity contribution in [3.05, 3.63) is 34.9 Å². The summed E-state index contributed by atoms with van der Waals surface area (Å²) in [7, 11) is 4.14. The minimum absolute atomic E-state index is 0.0642. The molecule has 1 aromatic rings. The molecule has 0 saturated carbocycles. The molecule has 2 fully saturated rings. The molecular formula is C25H35F6N3O5. The van der Waals surface area contributed by atoms with E-state index in [1.807, 2.05) is 0 Å². The number of piperidine rings is 1. The van der Waals surface area contributed by atoms with E-state index in [0.29, 0.717) is 5.91 Å². The second kappa shape index (κ2) is 14.0. The number of alkyl halides is 6. The quantitative estimate of drug-likeness (QED) is 0.517. The van der Waals surface area contributed by atoms with Crippen LogP contribution in [0.3, 0.4) is 0 Å². The zero-order valence-corrected chi connectivity index (χ0v) is 22.3. The standard InChI is InChI=1S/C21H33N3O.2C2HF3O2/c1-17-13-18(2)15-19(14-17)16-23-8-5-21(6-9-23)7-10-24(20(21)25)12-11-22(3)4;2*3-2(4,5)1(6)7/h13-15H,5-12,16H2,1-4H3;2*(H,6,7). The zero-order chi connectivity index (χ0) is 30.2. The summed E-state index contributed by atoms with van der Waals surface area (Å²) in [6.07, 6.45) is -7.07. The van der Waals surface area contributed by atoms with Crippen molar-refractivity contribution in [2.45, 2.75) is 52.0 Å². The minimum atomic E-state index is -5.08. The molecule has 0 aromatic heterocycles. The van der Waals surface area contributed by atoms with Crippen LogP contribution in [0.4, 0.5) is 26.3 Å². The molecule has 3 rings (SSSR count). The molecule has 0 unspecified atom stereocenters. The first kappa shape index (κ1) is 34.2. The zero-order valence-electron chi connectivity index (χ0n) is 22.3. The predicted molar refractivity (Wildman–Crippen MR) is 130 cm³/mol. The number of carbonyl (C=O) groups is 3. The molecule has 1 spiro atoms. The van der Waals surface area contributed by atoms with E-state index in [1.54, 1.807) is 0 Å². The Labute approximate surface area is 223 Å². The maximum absolute atomic E-state index is 12.9. The van der Waals surface area contributed by atoms with Crippen molar-refractivity contribution >= 4 is 17.8 Å². The first-order valence-electron chi connectivity index (χ1n) is 12.1. The number of aliphatic carboxylic acids is 2. The van der Waals surface area contributed by atoms with Crippen LogP contribution in [-0.4, -0.2) is 102 Å². The normalized spacial score (nSPS) is 17.4. The summed E-state index contributed by atoms with van der Waals surface area (Å²) in [5, 5.41) is 14.2. The highest BCUT2D eigenvalue weighted by atomic mass is 19.4. The average molecular weight is 572 g/mol. The number of nitrogens with zero attached hydrogens (tertiary/aromatic N) is 3. The molecular weight excluding hydrogens is 536 g/mol. The number of hydrogen-bond donors (Lipinski definition) is 2. The van der Waals surface area contributed by atoms with Crippen molar-refractivity contribution in [1.29, 1.82) is 0 Å². The SMILES string of the molecule is Cc1cc(C)cc(CN2CCC3(CC2)CCN(CCN(C)C)C3=O)c1.O=C(O)C(F)(F)F.O=C(O)C(F)(F)F. The summed E-state index contributed by atoms with van der Waals surface area (Å²) in [5.74, 6) is -5.10. The molecule has 222 valence electrons. The van der Waals surface area contributed by atoms with Gasteiger partial charge in [0.05, 0.1) is 5.41 Å². The lowest BCUT2D eigenvalue weighted by Gasteiger charge is -2.38. The van der Waals surface area contributed by atoms with Crippen molar-refractivity contribution in [2.75, 3.05) is 46.8 Å². The number of aryl methyl sites for hydroxylation is 2. The molecule has 1 amide bonds. The van der Waals surface area contributed by atoms with E-state index in [1.165, 1.54) is 16.7 Å². The third-order valence-corrected chi connectivity index (χ3v) is 6.40. The van der Waals surface area contributed by atoms with Crippen molar-refractivity contribution in [3.8, 4) is 0 Å². The summed E-state index contributed by atoms with van der Waals surface area (Å²) in [6.45, 7) is 10.2. The van der Waals surface area contributed by atoms with Crippen LogP contribution < -0.4 is 0 Å². The minimum Gasteiger partial charge on any atom is -0.475 e. The highest BCUT2D eigenvalue weighted by Crippen LogP contribution is 2.41. The molecule has 0 radical (unpaired) electrons. The number of carboxylic acid groups (broad SMARTS) is 2. The Morgan fingerprint density at radius 2 is 1.28 bits per heavy atom. The summed E-state index contributed by atoms with van der Waals surface area (Å²) in [6, 6.07) is 6.82. The smallest absolute Gasteiger partial charge is 0.475 e. The number of carboxylic acids is 2. The fraction of sp³-hybridized carbons (Fsp3) is 0.640. The van der Waals surface area contributed by atoms with Crippen molar-refractivity contribution < 1.29 is 50.9 Å². The number of likely N-dealkylation sites (tertiary alicyclic amines) is 2. The van der Waals surface area contributed by atoms with Gasteiger partial charge in [-0.05, 0) is 65.9 Å². The van der Waals surface area contributed by atoms with E-state index < -0.39 is 24.3 Å². The summed E-state index contributed by atoms with van der Waals surface area (Å²) in [5.41, 5.74) is 4.02. The monoisotopic (exact) mass is 571 g/mol. The molecule has 2 aliphatic heterocycles. The van der Waals surface area contributed by atoms with Gasteiger partial charge in [0.1, 0.15) is 0 Å². The lowest BCUT2D eigenvalue weighted by Crippen LogP contribution is -2.45. The number of carbonyl (C=O) groups excluding carboxylic acids is 1. The van der Waals surface area contributed by atoms with Crippen LogP contribution in [-0.2, 0) is 20.9 Å². The van der Waals surface area contributed by atoms with Crippen LogP contribution in [0, 0.1) is 19.3 Å². The number of halogens is 6. The van der Waals surface area contributed by atoms with Crippen LogP contribution in [0.5, 0.6) is 0 Å². The molecule has 2 N–H and O–H groups in total. The van der Waals surface area contributed by atoms with Crippen LogP contribution in [0.1, 0.15) is 36.0 Å². The molecule has 2 saturated heterocycles. The third-order valence-electron chi connectivity index (χ3n) is 6.40. The van der Waals surface area contributed by atoms with Gasteiger partial charge in [-0.15, -0.1) is 0 Å². The van der Waals surface area contributed by atoms with Crippen LogP contribution in [0.2, 0.25) is 0 Å². The summed E-state index contributed by atoms with van der Waals surface area (Å²) >= 11 is 0. The highest BCUT2D eigenvalue weighted by Gasteiger charge is 2.47. The average Bonchev–Trinajstić information content (AvgIpc) is 3.08. The van der Waals surface area contributed by atoms with Crippen molar-refractivity contribution in [2.24, 2.45) is 5.41 Å². The van der Waals surface area contributed by atoms with Gasteiger partial charge >= 0.3 is 24.3 Å². The Kier molecular flexibility index (Phi) is 12.2. The van der Waals surface area contributed by atoms with Gasteiger partial charge in [-0.1, -0.05) is 29.3 Å². The number of amides is 1. The fourth-order valence-electron chi connectivity index (χ4n) is 4.45. The van der Waals surface area contributed by atoms with E-state index in [-0.39, 0.29) is 5.41 Å². The topological polar surface area (TPSA) is 101 Å². The molecule has 2 aliphatic rings. The molecule has 2 heterocycles. The molecule has 39 heavy (non-hydrogen) atoms. The van der Waals surface area contributed by atoms with Gasteiger partial charge in [-0.2, -0.15) is 26.3 Å². The van der Waals surface area contributed by atoms with Gasteiger partial charge in [0, 0.05) is 26.2 Å². The highest BCUT2D eigenvalue weighted by molar-refractivity contribution is 5.85. The van der Waals surface area contributed by atoms with Gasteiger partial charge in [-0.25, -0.2) is 9.59 Å². The Balaban J connectivity index is 0.000000449. The molecule has 14 heteroatoms. The summed E-state index contributed by atoms with van der Waals surface area (Å²) in [4.78, 5) is 37.5. The maximum Gasteiger partial charge on any atom is 0.490 e. The van der Waals surface area contributed by atoms with Gasteiger partial charge in [0.2, 0.25) is 5.91 Å². The van der Waals surface area contributed by atoms with Crippen LogP contribution in [0.15, 0.2) is 18.2 Å². The Morgan fingerprint density at radius 3 is 1.67 bits per heavy atom. The van der Waals surface area contributed by atoms with E-state index in [2.05, 4.69) is 60.8 Å². The fourth-order valence-corrected chi connectivity index (χ4v) is 4.45. The molecule has 0 aliphatic carbocycles. The van der Waals surface area contributed by atoms with Gasteiger partial charge < -0.3 is 20.0 Å². The van der Waals surface area contributed by atoms with Crippen LogP contribution >= 0.6 is 0 Å². The van der Waals surface area contributed by atoms with E-state index in [9.17, 15) is 31.1 Å². The lowest BCUT2D eigenvalue weighted by molar-refractivity contribution is -0.193. The maximum atomic E-state index is 12.9. The number of rotatable bonds is 5. The second-order valence-electron chi connectivity index (χ2n) is 10.0. The van der Waals surface area contributed by atoms with Crippen molar-refractivity contribution in [1.82, 2.24) is 14.7 Å². The lowest BCUT2D eigenvalue weighted by atomic mass is 9.77. The predicted octanol–water partition coefficient (Wildman–Crippen LogP) is 3.95. The van der Waals surface area contributed by atoms with Gasteiger partial charge in [0.15, 0.2) is 0 Å². The number of hydrogen-bond acceptors (Lipinski definition) is 5. The molecule has 0 atom stereocenters. The second-order valence-corrected chi connectivity index (χ2v) is 10.0. The summed E-state index contributed by atoms with van der Waals surface area (Å²) < 4.78 is 63.5. The molecule has 1 aromatic carbocycles. The number of benzene rings is 1. The van der Waals surface area contributed by atoms with Crippen molar-refractivity contribution in [3.63, 3.8) is 0 Å². The van der Waals surface area contributed by atoms with Gasteiger partial charge in [-0.3, -0.25) is 9.69 Å². The molecule has 0 bridgehead atoms. The van der Waals surface area contributed by atoms with E-state index >= 15 is 0 Å². The van der Waals surface area contributed by atoms with Crippen LogP contribution in [0.25, 0.3) is 0 Å². The first-order chi connectivity index (χ1) is 17.8.